The lowest BCUT2D eigenvalue weighted by Gasteiger charge is -2.14. The van der Waals surface area contributed by atoms with E-state index in [4.69, 9.17) is 5.14 Å². The van der Waals surface area contributed by atoms with Crippen molar-refractivity contribution in [2.24, 2.45) is 5.14 Å². The highest BCUT2D eigenvalue weighted by Gasteiger charge is 2.16. The number of amides is 1. The number of rotatable bonds is 6. The third kappa shape index (κ3) is 4.53. The van der Waals surface area contributed by atoms with Gasteiger partial charge in [-0.15, -0.1) is 0 Å². The molecule has 4 rings (SSSR count). The van der Waals surface area contributed by atoms with Crippen LogP contribution in [-0.2, 0) is 14.8 Å². The van der Waals surface area contributed by atoms with Gasteiger partial charge in [0.2, 0.25) is 27.4 Å². The van der Waals surface area contributed by atoms with E-state index in [0.29, 0.717) is 17.5 Å². The van der Waals surface area contributed by atoms with Crippen LogP contribution in [0.15, 0.2) is 65.7 Å². The Hall–Kier alpha value is -3.96. The lowest BCUT2D eigenvalue weighted by Crippen LogP contribution is -2.22. The summed E-state index contributed by atoms with van der Waals surface area (Å²) in [6.07, 6.45) is 1.77. The van der Waals surface area contributed by atoms with E-state index in [9.17, 15) is 13.2 Å². The molecule has 2 aromatic heterocycles. The molecule has 2 heterocycles. The maximum absolute atomic E-state index is 11.7. The molecule has 11 heteroatoms. The second-order valence-electron chi connectivity index (χ2n) is 7.15. The molecule has 164 valence electrons. The lowest BCUT2D eigenvalue weighted by molar-refractivity contribution is -0.333. The molecule has 0 atom stereocenters. The number of hydrogen-bond acceptors (Lipinski definition) is 6. The first-order chi connectivity index (χ1) is 15.2. The van der Waals surface area contributed by atoms with Gasteiger partial charge < -0.3 is 10.2 Å². The van der Waals surface area contributed by atoms with Gasteiger partial charge in [0.05, 0.1) is 16.0 Å². The Kier molecular flexibility index (Phi) is 5.51. The van der Waals surface area contributed by atoms with E-state index in [1.807, 2.05) is 30.3 Å². The quantitative estimate of drug-likeness (QED) is 0.353. The van der Waals surface area contributed by atoms with Gasteiger partial charge in [-0.1, -0.05) is 11.1 Å². The number of carbonyl (C=O) groups excluding carboxylic acids is 1. The molecular weight excluding hydrogens is 430 g/mol. The summed E-state index contributed by atoms with van der Waals surface area (Å²) in [5.74, 6) is 0.917. The van der Waals surface area contributed by atoms with Crippen LogP contribution in [0.25, 0.3) is 11.0 Å². The van der Waals surface area contributed by atoms with Crippen molar-refractivity contribution in [3.63, 3.8) is 0 Å². The predicted molar refractivity (Wildman–Crippen MR) is 123 cm³/mol. The van der Waals surface area contributed by atoms with Crippen molar-refractivity contribution in [3.8, 4) is 0 Å². The summed E-state index contributed by atoms with van der Waals surface area (Å²) in [7, 11) is -2.11. The van der Waals surface area contributed by atoms with Crippen molar-refractivity contribution >= 4 is 55.8 Å². The van der Waals surface area contributed by atoms with Crippen LogP contribution in [0.4, 0.5) is 28.8 Å². The molecule has 0 aliphatic rings. The highest BCUT2D eigenvalue weighted by molar-refractivity contribution is 7.89. The molecule has 0 saturated carbocycles. The maximum atomic E-state index is 11.7. The van der Waals surface area contributed by atoms with Crippen LogP contribution in [0.1, 0.15) is 6.92 Å². The van der Waals surface area contributed by atoms with Crippen LogP contribution in [0.5, 0.6) is 0 Å². The first-order valence-electron chi connectivity index (χ1n) is 9.62. The van der Waals surface area contributed by atoms with E-state index < -0.39 is 10.0 Å². The average molecular weight is 453 g/mol. The van der Waals surface area contributed by atoms with Gasteiger partial charge in [-0.3, -0.25) is 15.1 Å². The van der Waals surface area contributed by atoms with Crippen LogP contribution in [-0.4, -0.2) is 31.3 Å². The molecule has 0 spiro atoms. The first-order valence-corrected chi connectivity index (χ1v) is 11.2. The molecule has 0 aliphatic carbocycles. The number of nitrogens with one attached hydrogen (secondary N) is 4. The Bertz CT molecular complexity index is 1400. The Balaban J connectivity index is 1.63. The zero-order valence-electron chi connectivity index (χ0n) is 17.4. The number of aromatic amines is 2. The second kappa shape index (κ2) is 8.29. The third-order valence-electron chi connectivity index (χ3n) is 4.88. The normalized spacial score (nSPS) is 11.3. The number of anilines is 5. The summed E-state index contributed by atoms with van der Waals surface area (Å²) < 4.78 is 23.3. The van der Waals surface area contributed by atoms with E-state index >= 15 is 0 Å². The number of fused-ring (bicyclic) bond motifs is 1. The van der Waals surface area contributed by atoms with E-state index in [0.717, 1.165) is 22.4 Å². The summed E-state index contributed by atoms with van der Waals surface area (Å²) in [5, 5.41) is 12.4. The fourth-order valence-electron chi connectivity index (χ4n) is 3.12. The zero-order chi connectivity index (χ0) is 22.9. The number of hydrogen-bond donors (Lipinski definition) is 4. The standard InChI is InChI=1S/C21H21N7O3S/c1-13(29)28(2)16-8-6-14(7-9-16)25-21-26-19-18(10-11-23-19)20(27-21)24-15-4-3-5-17(12-15)32(22,30)31/h3-12H,1-2H3,(H2,22,30,31)(H3,23,24,25,26,27)/p+1. The number of aromatic nitrogens is 3. The highest BCUT2D eigenvalue weighted by Crippen LogP contribution is 2.25. The van der Waals surface area contributed by atoms with Gasteiger partial charge in [0.15, 0.2) is 0 Å². The maximum Gasteiger partial charge on any atom is 0.351 e. The third-order valence-corrected chi connectivity index (χ3v) is 5.80. The summed E-state index contributed by atoms with van der Waals surface area (Å²) in [4.78, 5) is 24.0. The van der Waals surface area contributed by atoms with Crippen molar-refractivity contribution in [1.29, 1.82) is 0 Å². The molecule has 0 aliphatic heterocycles. The molecule has 2 aromatic carbocycles. The average Bonchev–Trinajstić information content (AvgIpc) is 3.22. The fraction of sp³-hybridized carbons (Fsp3) is 0.0952. The van der Waals surface area contributed by atoms with Gasteiger partial charge in [0.1, 0.15) is 0 Å². The van der Waals surface area contributed by atoms with Gasteiger partial charge in [0, 0.05) is 31.5 Å². The number of nitrogens with two attached hydrogens (primary N) is 1. The van der Waals surface area contributed by atoms with Crippen LogP contribution >= 0.6 is 0 Å². The molecule has 1 amide bonds. The van der Waals surface area contributed by atoms with E-state index in [2.05, 4.69) is 25.6 Å². The van der Waals surface area contributed by atoms with Gasteiger partial charge in [-0.05, 0) is 48.5 Å². The Morgan fingerprint density at radius 2 is 1.84 bits per heavy atom. The van der Waals surface area contributed by atoms with Crippen molar-refractivity contribution in [2.75, 3.05) is 22.6 Å². The fourth-order valence-corrected chi connectivity index (χ4v) is 3.68. The van der Waals surface area contributed by atoms with Crippen molar-refractivity contribution in [3.05, 3.63) is 60.8 Å². The molecule has 0 radical (unpaired) electrons. The minimum Gasteiger partial charge on any atom is -0.329 e. The topological polar surface area (TPSA) is 147 Å². The number of carbonyl (C=O) groups is 1. The summed E-state index contributed by atoms with van der Waals surface area (Å²) >= 11 is 0. The molecule has 10 nitrogen and oxygen atoms in total. The monoisotopic (exact) mass is 452 g/mol. The van der Waals surface area contributed by atoms with E-state index in [1.54, 1.807) is 30.3 Å². The van der Waals surface area contributed by atoms with Crippen LogP contribution in [0.2, 0.25) is 0 Å². The Morgan fingerprint density at radius 1 is 1.09 bits per heavy atom. The number of nitrogens with zero attached hydrogens (tertiary/aromatic N) is 2. The first kappa shape index (κ1) is 21.3. The molecule has 0 unspecified atom stereocenters. The molecule has 6 N–H and O–H groups in total. The number of sulfonamides is 1. The zero-order valence-corrected chi connectivity index (χ0v) is 18.2. The van der Waals surface area contributed by atoms with E-state index in [1.165, 1.54) is 19.1 Å². The summed E-state index contributed by atoms with van der Waals surface area (Å²) in [6.45, 7) is 1.50. The van der Waals surface area contributed by atoms with Crippen LogP contribution in [0, 0.1) is 0 Å². The Labute approximate surface area is 184 Å². The minimum atomic E-state index is -3.82. The predicted octanol–water partition coefficient (Wildman–Crippen LogP) is 2.49. The van der Waals surface area contributed by atoms with Gasteiger partial charge in [-0.25, -0.2) is 18.5 Å². The molecular formula is C21H22N7O3S+. The number of primary sulfonamides is 1. The van der Waals surface area contributed by atoms with Gasteiger partial charge in [-0.2, -0.15) is 0 Å². The highest BCUT2D eigenvalue weighted by atomic mass is 32.2. The summed E-state index contributed by atoms with van der Waals surface area (Å²) in [5.41, 5.74) is 2.79. The Morgan fingerprint density at radius 3 is 2.53 bits per heavy atom. The second-order valence-corrected chi connectivity index (χ2v) is 8.71. The van der Waals surface area contributed by atoms with Crippen molar-refractivity contribution < 1.29 is 18.2 Å². The molecule has 0 bridgehead atoms. The number of benzene rings is 2. The van der Waals surface area contributed by atoms with Gasteiger partial charge in [0.25, 0.3) is 0 Å². The largest absolute Gasteiger partial charge is 0.351 e. The minimum absolute atomic E-state index is 0.00396. The van der Waals surface area contributed by atoms with E-state index in [-0.39, 0.29) is 10.8 Å². The smallest absolute Gasteiger partial charge is 0.329 e. The molecule has 32 heavy (non-hydrogen) atoms. The molecule has 0 fully saturated rings. The van der Waals surface area contributed by atoms with Crippen molar-refractivity contribution in [1.82, 2.24) is 9.97 Å². The van der Waals surface area contributed by atoms with Crippen LogP contribution < -0.4 is 25.7 Å². The SMILES string of the molecule is CC(=O)N(C)c1ccc(Nc2nc(Nc3cccc(S(N)(=O)=O)c3)c3cc[nH]c3[nH+]2)cc1. The van der Waals surface area contributed by atoms with Crippen molar-refractivity contribution in [2.45, 2.75) is 11.8 Å². The summed E-state index contributed by atoms with van der Waals surface area (Å²) in [6, 6.07) is 15.4. The number of H-pyrrole nitrogens is 2. The molecule has 0 saturated heterocycles. The van der Waals surface area contributed by atoms with Crippen LogP contribution in [0.3, 0.4) is 0 Å². The lowest BCUT2D eigenvalue weighted by atomic mass is 10.2. The molecule has 4 aromatic rings. The van der Waals surface area contributed by atoms with Gasteiger partial charge >= 0.3 is 5.95 Å².